The molecular formula is C14H19ClN2S. The van der Waals surface area contributed by atoms with E-state index < -0.39 is 0 Å². The van der Waals surface area contributed by atoms with Crippen LogP contribution < -0.4 is 5.32 Å². The lowest BCUT2D eigenvalue weighted by atomic mass is 10.1. The molecule has 0 atom stereocenters. The Labute approximate surface area is 119 Å². The number of hydrogen-bond donors (Lipinski definition) is 1. The van der Waals surface area contributed by atoms with Gasteiger partial charge in [-0.05, 0) is 19.0 Å². The van der Waals surface area contributed by atoms with E-state index in [0.29, 0.717) is 0 Å². The summed E-state index contributed by atoms with van der Waals surface area (Å²) in [6.45, 7) is 3.16. The lowest BCUT2D eigenvalue weighted by Crippen LogP contribution is -2.09. The van der Waals surface area contributed by atoms with E-state index in [9.17, 15) is 0 Å². The molecule has 4 heteroatoms. The van der Waals surface area contributed by atoms with Crippen LogP contribution in [0.3, 0.4) is 0 Å². The summed E-state index contributed by atoms with van der Waals surface area (Å²) >= 11 is 1.74. The second-order valence-corrected chi connectivity index (χ2v) is 4.97. The van der Waals surface area contributed by atoms with Gasteiger partial charge in [0.1, 0.15) is 0 Å². The molecule has 1 N–H and O–H groups in total. The van der Waals surface area contributed by atoms with E-state index in [2.05, 4.69) is 46.9 Å². The largest absolute Gasteiger partial charge is 0.319 e. The lowest BCUT2D eigenvalue weighted by molar-refractivity contribution is 0.788. The summed E-state index contributed by atoms with van der Waals surface area (Å²) in [5, 5.41) is 6.49. The van der Waals surface area contributed by atoms with Crippen molar-refractivity contribution in [2.75, 3.05) is 13.6 Å². The fourth-order valence-corrected chi connectivity index (χ4v) is 2.51. The number of nitrogens with one attached hydrogen (secondary N) is 1. The number of aromatic nitrogens is 1. The van der Waals surface area contributed by atoms with E-state index >= 15 is 0 Å². The van der Waals surface area contributed by atoms with E-state index in [-0.39, 0.29) is 12.4 Å². The van der Waals surface area contributed by atoms with Crippen molar-refractivity contribution in [2.45, 2.75) is 19.8 Å². The van der Waals surface area contributed by atoms with E-state index in [1.54, 1.807) is 11.3 Å². The van der Waals surface area contributed by atoms with Crippen molar-refractivity contribution in [3.8, 4) is 11.3 Å². The number of thiazole rings is 1. The summed E-state index contributed by atoms with van der Waals surface area (Å²) in [6.07, 6.45) is 2.10. The maximum Gasteiger partial charge on any atom is 0.0945 e. The van der Waals surface area contributed by atoms with Gasteiger partial charge in [-0.15, -0.1) is 23.7 Å². The van der Waals surface area contributed by atoms with Gasteiger partial charge >= 0.3 is 0 Å². The smallest absolute Gasteiger partial charge is 0.0945 e. The van der Waals surface area contributed by atoms with Gasteiger partial charge in [-0.25, -0.2) is 4.98 Å². The highest BCUT2D eigenvalue weighted by Crippen LogP contribution is 2.22. The summed E-state index contributed by atoms with van der Waals surface area (Å²) in [5.41, 5.74) is 3.69. The van der Waals surface area contributed by atoms with Gasteiger partial charge in [0.25, 0.3) is 0 Å². The van der Waals surface area contributed by atoms with Crippen molar-refractivity contribution < 1.29 is 0 Å². The molecule has 0 bridgehead atoms. The molecule has 1 heterocycles. The molecule has 0 radical (unpaired) electrons. The van der Waals surface area contributed by atoms with E-state index in [4.69, 9.17) is 0 Å². The molecule has 0 saturated carbocycles. The average molecular weight is 283 g/mol. The van der Waals surface area contributed by atoms with Crippen LogP contribution in [0, 0.1) is 0 Å². The number of halogens is 1. The second kappa shape index (κ2) is 7.52. The first-order chi connectivity index (χ1) is 8.33. The minimum Gasteiger partial charge on any atom is -0.319 e. The Kier molecular flexibility index (Phi) is 6.33. The highest BCUT2D eigenvalue weighted by atomic mass is 35.5. The Hall–Kier alpha value is -0.900. The highest BCUT2D eigenvalue weighted by molar-refractivity contribution is 7.09. The Morgan fingerprint density at radius 3 is 2.56 bits per heavy atom. The molecule has 0 aliphatic rings. The quantitative estimate of drug-likeness (QED) is 0.907. The molecule has 0 aliphatic carbocycles. The molecule has 2 rings (SSSR count). The van der Waals surface area contributed by atoms with Crippen molar-refractivity contribution in [2.24, 2.45) is 0 Å². The predicted molar refractivity (Wildman–Crippen MR) is 81.8 cm³/mol. The molecule has 18 heavy (non-hydrogen) atoms. The molecule has 0 fully saturated rings. The lowest BCUT2D eigenvalue weighted by Gasteiger charge is -1.99. The molecule has 98 valence electrons. The zero-order chi connectivity index (χ0) is 12.1. The Morgan fingerprint density at radius 2 is 1.94 bits per heavy atom. The number of benzene rings is 1. The van der Waals surface area contributed by atoms with Crippen LogP contribution in [0.25, 0.3) is 11.3 Å². The molecule has 0 spiro atoms. The number of hydrogen-bond acceptors (Lipinski definition) is 3. The zero-order valence-corrected chi connectivity index (χ0v) is 12.4. The number of rotatable bonds is 5. The normalized spacial score (nSPS) is 10.1. The van der Waals surface area contributed by atoms with Crippen molar-refractivity contribution >= 4 is 23.7 Å². The maximum atomic E-state index is 4.65. The fraction of sp³-hybridized carbons (Fsp3) is 0.357. The Morgan fingerprint density at radius 1 is 1.22 bits per heavy atom. The molecule has 2 nitrogen and oxygen atoms in total. The van der Waals surface area contributed by atoms with Crippen LogP contribution in [-0.4, -0.2) is 18.6 Å². The topological polar surface area (TPSA) is 24.9 Å². The first-order valence-electron chi connectivity index (χ1n) is 6.01. The molecule has 0 aliphatic heterocycles. The molecule has 0 amide bonds. The Bertz CT molecular complexity index is 465. The summed E-state index contributed by atoms with van der Waals surface area (Å²) < 4.78 is 0. The van der Waals surface area contributed by atoms with Gasteiger partial charge in [-0.2, -0.15) is 0 Å². The maximum absolute atomic E-state index is 4.65. The van der Waals surface area contributed by atoms with Crippen LogP contribution in [-0.2, 0) is 12.8 Å². The van der Waals surface area contributed by atoms with Crippen LogP contribution in [0.5, 0.6) is 0 Å². The summed E-state index contributed by atoms with van der Waals surface area (Å²) in [6, 6.07) is 8.69. The van der Waals surface area contributed by atoms with Crippen LogP contribution in [0.4, 0.5) is 0 Å². The fourth-order valence-electron chi connectivity index (χ4n) is 1.70. The van der Waals surface area contributed by atoms with Crippen LogP contribution in [0.2, 0.25) is 0 Å². The van der Waals surface area contributed by atoms with Crippen LogP contribution in [0.1, 0.15) is 17.5 Å². The minimum absolute atomic E-state index is 0. The van der Waals surface area contributed by atoms with Crippen molar-refractivity contribution in [3.05, 3.63) is 40.2 Å². The highest BCUT2D eigenvalue weighted by Gasteiger charge is 2.04. The van der Waals surface area contributed by atoms with E-state index in [0.717, 1.165) is 25.1 Å². The van der Waals surface area contributed by atoms with Gasteiger partial charge in [0.05, 0.1) is 10.7 Å². The molecular weight excluding hydrogens is 264 g/mol. The standard InChI is InChI=1S/C14H18N2S.ClH/c1-3-11-4-6-12(7-5-11)13-10-17-14(16-13)8-9-15-2;/h4-7,10,15H,3,8-9H2,1-2H3;1H. The molecule has 1 aromatic carbocycles. The SMILES string of the molecule is CCc1ccc(-c2csc(CCNC)n2)cc1.Cl. The number of nitrogens with zero attached hydrogens (tertiary/aromatic N) is 1. The molecule has 2 aromatic rings. The predicted octanol–water partition coefficient (Wildman–Crippen LogP) is 3.56. The van der Waals surface area contributed by atoms with Gasteiger partial charge in [0.2, 0.25) is 0 Å². The first-order valence-corrected chi connectivity index (χ1v) is 6.89. The van der Waals surface area contributed by atoms with Crippen molar-refractivity contribution in [3.63, 3.8) is 0 Å². The van der Waals surface area contributed by atoms with Crippen LogP contribution in [0.15, 0.2) is 29.6 Å². The molecule has 1 aromatic heterocycles. The minimum atomic E-state index is 0. The van der Waals surface area contributed by atoms with E-state index in [1.165, 1.54) is 16.1 Å². The van der Waals surface area contributed by atoms with Crippen molar-refractivity contribution in [1.29, 1.82) is 0 Å². The van der Waals surface area contributed by atoms with E-state index in [1.807, 2.05) is 7.05 Å². The van der Waals surface area contributed by atoms with Gasteiger partial charge in [-0.3, -0.25) is 0 Å². The summed E-state index contributed by atoms with van der Waals surface area (Å²) in [4.78, 5) is 4.65. The third-order valence-electron chi connectivity index (χ3n) is 2.80. The van der Waals surface area contributed by atoms with Gasteiger partial charge in [-0.1, -0.05) is 31.2 Å². The summed E-state index contributed by atoms with van der Waals surface area (Å²) in [5.74, 6) is 0. The molecule has 0 unspecified atom stereocenters. The third-order valence-corrected chi connectivity index (χ3v) is 3.71. The zero-order valence-electron chi connectivity index (χ0n) is 10.8. The second-order valence-electron chi connectivity index (χ2n) is 4.03. The van der Waals surface area contributed by atoms with Gasteiger partial charge in [0, 0.05) is 23.9 Å². The molecule has 0 saturated heterocycles. The first kappa shape index (κ1) is 15.2. The number of likely N-dealkylation sites (N-methyl/N-ethyl adjacent to an activating group) is 1. The van der Waals surface area contributed by atoms with Crippen LogP contribution >= 0.6 is 23.7 Å². The summed E-state index contributed by atoms with van der Waals surface area (Å²) in [7, 11) is 1.97. The third kappa shape index (κ3) is 3.80. The van der Waals surface area contributed by atoms with Crippen molar-refractivity contribution in [1.82, 2.24) is 10.3 Å². The Balaban J connectivity index is 0.00000162. The van der Waals surface area contributed by atoms with Gasteiger partial charge < -0.3 is 5.32 Å². The average Bonchev–Trinajstić information content (AvgIpc) is 2.85. The number of aryl methyl sites for hydroxylation is 1. The monoisotopic (exact) mass is 282 g/mol. The van der Waals surface area contributed by atoms with Gasteiger partial charge in [0.15, 0.2) is 0 Å².